The molecule has 3 aliphatic rings. The smallest absolute Gasteiger partial charge is 0.266 e. The molecule has 0 unspecified atom stereocenters. The molecule has 2 N–H and O–H groups in total. The van der Waals surface area contributed by atoms with Crippen molar-refractivity contribution >= 4 is 50.4 Å². The number of nitrogens with one attached hydrogen (secondary N) is 2. The van der Waals surface area contributed by atoms with Crippen LogP contribution in [0.1, 0.15) is 35.2 Å². The molecule has 1 amide bonds. The highest BCUT2D eigenvalue weighted by atomic mass is 32.1. The number of hydrogen-bond acceptors (Lipinski definition) is 7. The number of fused-ring (bicyclic) bond motifs is 4. The van der Waals surface area contributed by atoms with Gasteiger partial charge in [-0.15, -0.1) is 22.7 Å². The molecule has 3 aromatic heterocycles. The number of rotatable bonds is 4. The molecular weight excluding hydrogens is 404 g/mol. The van der Waals surface area contributed by atoms with Crippen molar-refractivity contribution in [3.05, 3.63) is 33.5 Å². The predicted octanol–water partition coefficient (Wildman–Crippen LogP) is 3.88. The van der Waals surface area contributed by atoms with Gasteiger partial charge in [-0.3, -0.25) is 4.79 Å². The topological polar surface area (TPSA) is 70.2 Å². The minimum Gasteiger partial charge on any atom is -0.349 e. The number of anilines is 2. The fraction of sp³-hybridized carbons (Fsp3) is 0.389. The lowest BCUT2D eigenvalue weighted by molar-refractivity contribution is 0.102. The molecule has 2 atom stereocenters. The molecule has 2 bridgehead atoms. The van der Waals surface area contributed by atoms with Crippen LogP contribution in [-0.2, 0) is 0 Å². The van der Waals surface area contributed by atoms with Gasteiger partial charge in [0.1, 0.15) is 16.2 Å². The van der Waals surface area contributed by atoms with E-state index in [1.807, 2.05) is 0 Å². The molecule has 6 rings (SSSR count). The van der Waals surface area contributed by atoms with Gasteiger partial charge in [0.25, 0.3) is 12.3 Å². The van der Waals surface area contributed by atoms with Crippen LogP contribution < -0.4 is 15.5 Å². The lowest BCUT2D eigenvalue weighted by Crippen LogP contribution is -2.61. The minimum atomic E-state index is -2.63. The zero-order valence-electron chi connectivity index (χ0n) is 14.7. The van der Waals surface area contributed by atoms with Crippen molar-refractivity contribution in [2.45, 2.75) is 31.4 Å². The Kier molecular flexibility index (Phi) is 4.48. The van der Waals surface area contributed by atoms with Crippen LogP contribution in [0, 0.1) is 0 Å². The van der Waals surface area contributed by atoms with Crippen LogP contribution in [0.5, 0.6) is 0 Å². The van der Waals surface area contributed by atoms with Crippen molar-refractivity contribution in [1.29, 1.82) is 0 Å². The van der Waals surface area contributed by atoms with E-state index in [1.165, 1.54) is 22.1 Å². The summed E-state index contributed by atoms with van der Waals surface area (Å²) in [7, 11) is 0. The van der Waals surface area contributed by atoms with Crippen molar-refractivity contribution < 1.29 is 13.6 Å². The Balaban J connectivity index is 1.45. The largest absolute Gasteiger partial charge is 0.349 e. The lowest BCUT2D eigenvalue weighted by atomic mass is 9.93. The molecule has 3 saturated heterocycles. The van der Waals surface area contributed by atoms with Crippen molar-refractivity contribution in [3.8, 4) is 0 Å². The van der Waals surface area contributed by atoms with Gasteiger partial charge in [-0.05, 0) is 12.8 Å². The molecule has 0 spiro atoms. The third-order valence-electron chi connectivity index (χ3n) is 5.33. The Morgan fingerprint density at radius 2 is 2.21 bits per heavy atom. The zero-order valence-corrected chi connectivity index (χ0v) is 16.3. The maximum absolute atomic E-state index is 13.1. The molecule has 10 heteroatoms. The SMILES string of the molecule is O=C(Nc1cscc1C(F)F)c1csc2ncc(N3C[C@H]4CC[C@H]3CN4)nc12. The van der Waals surface area contributed by atoms with Crippen LogP contribution in [-0.4, -0.2) is 41.0 Å². The first-order valence-electron chi connectivity index (χ1n) is 9.00. The molecule has 3 aliphatic heterocycles. The molecule has 28 heavy (non-hydrogen) atoms. The van der Waals surface area contributed by atoms with E-state index in [0.717, 1.165) is 43.1 Å². The molecule has 146 valence electrons. The second-order valence-corrected chi connectivity index (χ2v) is 8.62. The van der Waals surface area contributed by atoms with E-state index in [4.69, 9.17) is 4.98 Å². The van der Waals surface area contributed by atoms with E-state index in [1.54, 1.807) is 11.6 Å². The third kappa shape index (κ3) is 3.05. The first kappa shape index (κ1) is 17.9. The Morgan fingerprint density at radius 3 is 2.93 bits per heavy atom. The maximum atomic E-state index is 13.1. The molecule has 0 aromatic carbocycles. The number of thiophene rings is 2. The third-order valence-corrected chi connectivity index (χ3v) is 6.97. The number of nitrogens with zero attached hydrogens (tertiary/aromatic N) is 3. The van der Waals surface area contributed by atoms with Gasteiger partial charge >= 0.3 is 0 Å². The Bertz CT molecular complexity index is 1030. The van der Waals surface area contributed by atoms with E-state index in [2.05, 4.69) is 20.5 Å². The van der Waals surface area contributed by atoms with Gasteiger partial charge in [0, 0.05) is 41.3 Å². The van der Waals surface area contributed by atoms with E-state index in [9.17, 15) is 13.6 Å². The number of amides is 1. The van der Waals surface area contributed by atoms with Crippen LogP contribution in [0.3, 0.4) is 0 Å². The van der Waals surface area contributed by atoms with Crippen molar-refractivity contribution in [2.75, 3.05) is 23.3 Å². The monoisotopic (exact) mass is 421 g/mol. The second kappa shape index (κ2) is 7.02. The summed E-state index contributed by atoms with van der Waals surface area (Å²) in [6.07, 6.45) is 1.41. The highest BCUT2D eigenvalue weighted by Crippen LogP contribution is 2.33. The fourth-order valence-electron chi connectivity index (χ4n) is 3.86. The molecule has 6 nitrogen and oxygen atoms in total. The summed E-state index contributed by atoms with van der Waals surface area (Å²) in [4.78, 5) is 24.9. The average Bonchev–Trinajstić information content (AvgIpc) is 3.35. The summed E-state index contributed by atoms with van der Waals surface area (Å²) in [6, 6.07) is 0.839. The first-order chi connectivity index (χ1) is 13.6. The van der Waals surface area contributed by atoms with E-state index in [-0.39, 0.29) is 11.3 Å². The number of piperidine rings is 2. The number of alkyl halides is 2. The molecule has 0 aliphatic carbocycles. The van der Waals surface area contributed by atoms with Gasteiger partial charge in [-0.1, -0.05) is 0 Å². The number of carbonyl (C=O) groups is 1. The Morgan fingerprint density at radius 1 is 1.32 bits per heavy atom. The number of aromatic nitrogens is 2. The molecule has 3 fully saturated rings. The average molecular weight is 421 g/mol. The molecule has 6 heterocycles. The summed E-state index contributed by atoms with van der Waals surface area (Å²) in [5.74, 6) is 0.319. The number of halogens is 2. The van der Waals surface area contributed by atoms with Crippen LogP contribution in [0.15, 0.2) is 22.3 Å². The first-order valence-corrected chi connectivity index (χ1v) is 10.8. The summed E-state index contributed by atoms with van der Waals surface area (Å²) >= 11 is 2.46. The van der Waals surface area contributed by atoms with Crippen molar-refractivity contribution in [3.63, 3.8) is 0 Å². The molecular formula is C18H17F2N5OS2. The van der Waals surface area contributed by atoms with E-state index < -0.39 is 12.3 Å². The van der Waals surface area contributed by atoms with Gasteiger partial charge in [0.05, 0.1) is 23.0 Å². The van der Waals surface area contributed by atoms with Gasteiger partial charge in [0.2, 0.25) is 0 Å². The van der Waals surface area contributed by atoms with E-state index in [0.29, 0.717) is 28.0 Å². The number of hydrogen-bond donors (Lipinski definition) is 2. The van der Waals surface area contributed by atoms with Gasteiger partial charge < -0.3 is 15.5 Å². The fourth-order valence-corrected chi connectivity index (χ4v) is 5.46. The van der Waals surface area contributed by atoms with E-state index >= 15 is 0 Å². The summed E-state index contributed by atoms with van der Waals surface area (Å²) in [5.41, 5.74) is 0.860. The predicted molar refractivity (Wildman–Crippen MR) is 107 cm³/mol. The Hall–Kier alpha value is -2.17. The molecule has 3 aromatic rings. The Labute approximate surface area is 167 Å². The lowest BCUT2D eigenvalue weighted by Gasteiger charge is -2.46. The highest BCUT2D eigenvalue weighted by molar-refractivity contribution is 7.17. The number of carbonyl (C=O) groups excluding carboxylic acids is 1. The summed E-state index contributed by atoms with van der Waals surface area (Å²) < 4.78 is 26.1. The van der Waals surface area contributed by atoms with Crippen LogP contribution >= 0.6 is 22.7 Å². The normalized spacial score (nSPS) is 21.6. The van der Waals surface area contributed by atoms with Crippen LogP contribution in [0.2, 0.25) is 0 Å². The standard InChI is InChI=1S/C18H17F2N5OS2/c19-16(20)11-6-27-8-13(11)23-17(26)12-7-28-18-15(12)24-14(4-22-18)25-5-9-1-2-10(25)3-21-9/h4,6-10,16,21H,1-3,5H2,(H,23,26)/t9-,10+/m1/s1. The summed E-state index contributed by atoms with van der Waals surface area (Å²) in [5, 5.41) is 10.7. The zero-order chi connectivity index (χ0) is 19.3. The molecule has 0 saturated carbocycles. The van der Waals surface area contributed by atoms with Crippen molar-refractivity contribution in [2.24, 2.45) is 0 Å². The van der Waals surface area contributed by atoms with Gasteiger partial charge in [-0.25, -0.2) is 18.7 Å². The van der Waals surface area contributed by atoms with Crippen LogP contribution in [0.25, 0.3) is 10.3 Å². The van der Waals surface area contributed by atoms with Crippen LogP contribution in [0.4, 0.5) is 20.3 Å². The maximum Gasteiger partial charge on any atom is 0.266 e. The number of piperazine rings is 1. The van der Waals surface area contributed by atoms with Gasteiger partial charge in [-0.2, -0.15) is 0 Å². The van der Waals surface area contributed by atoms with Crippen molar-refractivity contribution in [1.82, 2.24) is 15.3 Å². The highest BCUT2D eigenvalue weighted by Gasteiger charge is 2.34. The molecule has 0 radical (unpaired) electrons. The minimum absolute atomic E-state index is 0.146. The second-order valence-electron chi connectivity index (χ2n) is 7.02. The summed E-state index contributed by atoms with van der Waals surface area (Å²) in [6.45, 7) is 1.80. The van der Waals surface area contributed by atoms with Gasteiger partial charge in [0.15, 0.2) is 0 Å². The quantitative estimate of drug-likeness (QED) is 0.669.